The number of carboxylic acids is 1. The first-order chi connectivity index (χ1) is 6.54. The lowest BCUT2D eigenvalue weighted by Crippen LogP contribution is -2.32. The molecule has 0 radical (unpaired) electrons. The number of carbonyl (C=O) groups is 1. The van der Waals surface area contributed by atoms with Crippen molar-refractivity contribution in [2.24, 2.45) is 0 Å². The van der Waals surface area contributed by atoms with Crippen LogP contribution < -0.4 is 0 Å². The molecule has 0 heterocycles. The fourth-order valence-electron chi connectivity index (χ4n) is 1.36. The van der Waals surface area contributed by atoms with Crippen molar-refractivity contribution in [1.29, 1.82) is 0 Å². The van der Waals surface area contributed by atoms with Crippen molar-refractivity contribution in [2.45, 2.75) is 45.8 Å². The van der Waals surface area contributed by atoms with E-state index in [0.717, 1.165) is 0 Å². The maximum Gasteiger partial charge on any atom is 0.303 e. The minimum atomic E-state index is -0.777. The third kappa shape index (κ3) is 5.94. The molecule has 4 heteroatoms. The Hall–Kier alpha value is -0.610. The van der Waals surface area contributed by atoms with E-state index < -0.39 is 11.8 Å². The Morgan fingerprint density at radius 2 is 1.79 bits per heavy atom. The third-order valence-corrected chi connectivity index (χ3v) is 1.92. The molecule has 0 aliphatic rings. The van der Waals surface area contributed by atoms with E-state index in [9.17, 15) is 4.79 Å². The molecule has 0 saturated heterocycles. The topological polar surface area (TPSA) is 55.8 Å². The van der Waals surface area contributed by atoms with Gasteiger partial charge < -0.3 is 14.6 Å². The maximum atomic E-state index is 10.3. The van der Waals surface area contributed by atoms with E-state index in [2.05, 4.69) is 0 Å². The molecule has 4 nitrogen and oxygen atoms in total. The molecule has 0 aliphatic carbocycles. The van der Waals surface area contributed by atoms with Gasteiger partial charge in [0.05, 0.1) is 0 Å². The van der Waals surface area contributed by atoms with E-state index in [1.54, 1.807) is 0 Å². The number of hydrogen-bond donors (Lipinski definition) is 1. The monoisotopic (exact) mass is 204 g/mol. The van der Waals surface area contributed by atoms with Crippen molar-refractivity contribution in [1.82, 2.24) is 0 Å². The van der Waals surface area contributed by atoms with Crippen LogP contribution in [-0.2, 0) is 14.3 Å². The Bertz CT molecular complexity index is 162. The fraction of sp³-hybridized carbons (Fsp3) is 0.900. The molecule has 0 aromatic rings. The first kappa shape index (κ1) is 13.4. The average molecular weight is 204 g/mol. The predicted molar refractivity (Wildman–Crippen MR) is 53.1 cm³/mol. The van der Waals surface area contributed by atoms with Crippen LogP contribution in [0.15, 0.2) is 0 Å². The Morgan fingerprint density at radius 3 is 2.14 bits per heavy atom. The van der Waals surface area contributed by atoms with E-state index in [4.69, 9.17) is 14.6 Å². The second-order valence-electron chi connectivity index (χ2n) is 3.25. The molecule has 0 rings (SSSR count). The predicted octanol–water partition coefficient (Wildman–Crippen LogP) is 2.03. The van der Waals surface area contributed by atoms with Crippen molar-refractivity contribution < 1.29 is 19.4 Å². The van der Waals surface area contributed by atoms with E-state index in [0.29, 0.717) is 26.1 Å². The van der Waals surface area contributed by atoms with Crippen LogP contribution in [0.25, 0.3) is 0 Å². The fourth-order valence-corrected chi connectivity index (χ4v) is 1.36. The summed E-state index contributed by atoms with van der Waals surface area (Å²) in [6, 6.07) is 0. The number of carboxylic acid groups (broad SMARTS) is 1. The second kappa shape index (κ2) is 6.79. The molecule has 0 aliphatic heterocycles. The molecule has 0 fully saturated rings. The van der Waals surface area contributed by atoms with Crippen molar-refractivity contribution >= 4 is 5.97 Å². The summed E-state index contributed by atoms with van der Waals surface area (Å²) in [4.78, 5) is 10.3. The van der Waals surface area contributed by atoms with E-state index >= 15 is 0 Å². The molecular weight excluding hydrogens is 184 g/mol. The highest BCUT2D eigenvalue weighted by Crippen LogP contribution is 2.20. The largest absolute Gasteiger partial charge is 0.481 e. The lowest BCUT2D eigenvalue weighted by molar-refractivity contribution is -0.225. The Labute approximate surface area is 85.2 Å². The first-order valence-electron chi connectivity index (χ1n) is 5.03. The standard InChI is InChI=1S/C10H20O4/c1-4-13-10(3,14-5-2)8-6-7-9(11)12/h4-8H2,1-3H3,(H,11,12). The van der Waals surface area contributed by atoms with Gasteiger partial charge >= 0.3 is 5.97 Å². The normalized spacial score (nSPS) is 11.6. The summed E-state index contributed by atoms with van der Waals surface area (Å²) in [5.74, 6) is -1.40. The minimum absolute atomic E-state index is 0.162. The molecule has 0 unspecified atom stereocenters. The zero-order valence-corrected chi connectivity index (χ0v) is 9.21. The average Bonchev–Trinajstić information content (AvgIpc) is 2.03. The van der Waals surface area contributed by atoms with Crippen molar-refractivity contribution in [3.05, 3.63) is 0 Å². The van der Waals surface area contributed by atoms with Gasteiger partial charge in [-0.05, 0) is 27.2 Å². The van der Waals surface area contributed by atoms with Gasteiger partial charge in [0.1, 0.15) is 0 Å². The van der Waals surface area contributed by atoms with Crippen LogP contribution in [0, 0.1) is 0 Å². The molecule has 0 bridgehead atoms. The van der Waals surface area contributed by atoms with Gasteiger partial charge in [0, 0.05) is 26.1 Å². The summed E-state index contributed by atoms with van der Waals surface area (Å²) in [6.45, 7) is 6.79. The van der Waals surface area contributed by atoms with Crippen LogP contribution in [0.5, 0.6) is 0 Å². The van der Waals surface area contributed by atoms with Gasteiger partial charge in [0.2, 0.25) is 0 Å². The van der Waals surface area contributed by atoms with Gasteiger partial charge in [-0.2, -0.15) is 0 Å². The Morgan fingerprint density at radius 1 is 1.29 bits per heavy atom. The summed E-state index contributed by atoms with van der Waals surface area (Å²) >= 11 is 0. The summed E-state index contributed by atoms with van der Waals surface area (Å²) in [7, 11) is 0. The molecule has 0 spiro atoms. The summed E-state index contributed by atoms with van der Waals surface area (Å²) in [6.07, 6.45) is 1.35. The Kier molecular flexibility index (Phi) is 6.49. The lowest BCUT2D eigenvalue weighted by Gasteiger charge is -2.29. The highest BCUT2D eigenvalue weighted by atomic mass is 16.7. The van der Waals surface area contributed by atoms with Crippen LogP contribution in [0.1, 0.15) is 40.0 Å². The van der Waals surface area contributed by atoms with Gasteiger partial charge in [-0.25, -0.2) is 0 Å². The van der Waals surface area contributed by atoms with Gasteiger partial charge in [-0.3, -0.25) is 4.79 Å². The molecule has 0 amide bonds. The SMILES string of the molecule is CCOC(C)(CCCC(=O)O)OCC. The summed E-state index contributed by atoms with van der Waals surface area (Å²) in [5.41, 5.74) is 0. The maximum absolute atomic E-state index is 10.3. The number of hydrogen-bond acceptors (Lipinski definition) is 3. The number of rotatable bonds is 8. The van der Waals surface area contributed by atoms with Crippen molar-refractivity contribution in [3.8, 4) is 0 Å². The molecule has 0 aromatic heterocycles. The first-order valence-corrected chi connectivity index (χ1v) is 5.03. The number of ether oxygens (including phenoxy) is 2. The number of aliphatic carboxylic acids is 1. The highest BCUT2D eigenvalue weighted by Gasteiger charge is 2.24. The second-order valence-corrected chi connectivity index (χ2v) is 3.25. The van der Waals surface area contributed by atoms with E-state index in [1.807, 2.05) is 20.8 Å². The van der Waals surface area contributed by atoms with Gasteiger partial charge in [-0.15, -0.1) is 0 Å². The summed E-state index contributed by atoms with van der Waals surface area (Å²) in [5, 5.41) is 8.49. The van der Waals surface area contributed by atoms with Crippen molar-refractivity contribution in [3.63, 3.8) is 0 Å². The van der Waals surface area contributed by atoms with E-state index in [1.165, 1.54) is 0 Å². The molecule has 14 heavy (non-hydrogen) atoms. The molecule has 0 aromatic carbocycles. The van der Waals surface area contributed by atoms with Crippen LogP contribution in [0.3, 0.4) is 0 Å². The van der Waals surface area contributed by atoms with Crippen LogP contribution >= 0.6 is 0 Å². The van der Waals surface area contributed by atoms with Crippen LogP contribution in [-0.4, -0.2) is 30.1 Å². The zero-order valence-electron chi connectivity index (χ0n) is 9.21. The smallest absolute Gasteiger partial charge is 0.303 e. The third-order valence-electron chi connectivity index (χ3n) is 1.92. The quantitative estimate of drug-likeness (QED) is 0.615. The molecular formula is C10H20O4. The van der Waals surface area contributed by atoms with Crippen LogP contribution in [0.4, 0.5) is 0 Å². The minimum Gasteiger partial charge on any atom is -0.481 e. The molecule has 0 atom stereocenters. The van der Waals surface area contributed by atoms with Gasteiger partial charge in [-0.1, -0.05) is 0 Å². The molecule has 84 valence electrons. The molecule has 0 saturated carbocycles. The van der Waals surface area contributed by atoms with Gasteiger partial charge in [0.25, 0.3) is 0 Å². The summed E-state index contributed by atoms with van der Waals surface area (Å²) < 4.78 is 10.9. The van der Waals surface area contributed by atoms with Gasteiger partial charge in [0.15, 0.2) is 5.79 Å². The zero-order chi connectivity index (χ0) is 11.0. The molecule has 1 N–H and O–H groups in total. The van der Waals surface area contributed by atoms with E-state index in [-0.39, 0.29) is 6.42 Å². The van der Waals surface area contributed by atoms with Crippen molar-refractivity contribution in [2.75, 3.05) is 13.2 Å². The van der Waals surface area contributed by atoms with Crippen LogP contribution in [0.2, 0.25) is 0 Å². The lowest BCUT2D eigenvalue weighted by atomic mass is 10.1. The Balaban J connectivity index is 3.88. The highest BCUT2D eigenvalue weighted by molar-refractivity contribution is 5.66.